The maximum atomic E-state index is 12.3. The van der Waals surface area contributed by atoms with Gasteiger partial charge >= 0.3 is 0 Å². The van der Waals surface area contributed by atoms with Gasteiger partial charge in [-0.3, -0.25) is 0 Å². The molecule has 1 heterocycles. The van der Waals surface area contributed by atoms with E-state index < -0.39 is 15.8 Å². The van der Waals surface area contributed by atoms with Gasteiger partial charge in [-0.15, -0.1) is 0 Å². The Hall–Kier alpha value is -0.170. The molecule has 2 N–H and O–H groups in total. The Kier molecular flexibility index (Phi) is 6.01. The number of piperidine rings is 1. The molecule has 0 amide bonds. The molecule has 0 aromatic heterocycles. The molecule has 1 saturated heterocycles. The highest BCUT2D eigenvalue weighted by molar-refractivity contribution is 7.87. The van der Waals surface area contributed by atoms with Crippen molar-refractivity contribution in [3.8, 4) is 0 Å². The van der Waals surface area contributed by atoms with Crippen LogP contribution >= 0.6 is 0 Å². The molecule has 20 heavy (non-hydrogen) atoms. The average molecular weight is 306 g/mol. The fourth-order valence-electron chi connectivity index (χ4n) is 3.09. The average Bonchev–Trinajstić information content (AvgIpc) is 2.23. The zero-order valence-corrected chi connectivity index (χ0v) is 14.2. The fraction of sp³-hybridized carbons (Fsp3) is 1.00. The molecular formula is C14H30N2O3S. The molecule has 0 bridgehead atoms. The van der Waals surface area contributed by atoms with E-state index in [-0.39, 0.29) is 6.54 Å². The summed E-state index contributed by atoms with van der Waals surface area (Å²) in [6.07, 6.45) is 1.64. The normalized spacial score (nSPS) is 28.6. The van der Waals surface area contributed by atoms with E-state index >= 15 is 0 Å². The molecule has 3 unspecified atom stereocenters. The molecule has 0 saturated carbocycles. The zero-order valence-electron chi connectivity index (χ0n) is 13.4. The highest BCUT2D eigenvalue weighted by atomic mass is 32.2. The van der Waals surface area contributed by atoms with E-state index in [1.54, 1.807) is 6.92 Å². The topological polar surface area (TPSA) is 69.6 Å². The van der Waals surface area contributed by atoms with Crippen LogP contribution in [0, 0.1) is 17.8 Å². The van der Waals surface area contributed by atoms with Crippen LogP contribution in [-0.2, 0) is 10.2 Å². The second kappa shape index (κ2) is 6.73. The van der Waals surface area contributed by atoms with Crippen molar-refractivity contribution >= 4 is 10.2 Å². The van der Waals surface area contributed by atoms with Crippen molar-refractivity contribution in [1.82, 2.24) is 9.03 Å². The van der Waals surface area contributed by atoms with Crippen molar-refractivity contribution in [2.24, 2.45) is 17.8 Å². The minimum atomic E-state index is -3.49. The first-order valence-electron chi connectivity index (χ1n) is 7.49. The van der Waals surface area contributed by atoms with Crippen molar-refractivity contribution < 1.29 is 13.5 Å². The first-order valence-corrected chi connectivity index (χ1v) is 8.93. The minimum absolute atomic E-state index is 0.0623. The van der Waals surface area contributed by atoms with Crippen LogP contribution in [0.2, 0.25) is 0 Å². The number of rotatable bonds is 6. The van der Waals surface area contributed by atoms with Gasteiger partial charge in [-0.05, 0) is 37.5 Å². The number of aliphatic hydroxyl groups is 1. The zero-order chi connectivity index (χ0) is 15.6. The molecule has 0 spiro atoms. The van der Waals surface area contributed by atoms with E-state index in [2.05, 4.69) is 18.6 Å². The SMILES string of the molecule is CC(C)CC(C)(O)CNS(=O)(=O)N1CC(C)CC(C)C1. The third-order valence-electron chi connectivity index (χ3n) is 3.66. The lowest BCUT2D eigenvalue weighted by Crippen LogP contribution is -2.51. The van der Waals surface area contributed by atoms with Gasteiger partial charge in [0.15, 0.2) is 0 Å². The molecule has 1 aliphatic rings. The first kappa shape index (κ1) is 17.9. The van der Waals surface area contributed by atoms with E-state index in [1.165, 1.54) is 4.31 Å². The van der Waals surface area contributed by atoms with Crippen LogP contribution < -0.4 is 4.72 Å². The molecule has 0 aliphatic carbocycles. The minimum Gasteiger partial charge on any atom is -0.389 e. The number of nitrogens with one attached hydrogen (secondary N) is 1. The van der Waals surface area contributed by atoms with Gasteiger partial charge in [0.25, 0.3) is 10.2 Å². The Morgan fingerprint density at radius 1 is 1.30 bits per heavy atom. The third-order valence-corrected chi connectivity index (χ3v) is 5.15. The summed E-state index contributed by atoms with van der Waals surface area (Å²) >= 11 is 0. The number of hydrogen-bond donors (Lipinski definition) is 2. The van der Waals surface area contributed by atoms with Gasteiger partial charge in [-0.1, -0.05) is 27.7 Å². The van der Waals surface area contributed by atoms with Crippen LogP contribution in [0.1, 0.15) is 47.5 Å². The Morgan fingerprint density at radius 3 is 2.25 bits per heavy atom. The van der Waals surface area contributed by atoms with Crippen LogP contribution in [0.25, 0.3) is 0 Å². The molecule has 3 atom stereocenters. The molecule has 120 valence electrons. The lowest BCUT2D eigenvalue weighted by Gasteiger charge is -2.35. The first-order chi connectivity index (χ1) is 9.02. The number of hydrogen-bond acceptors (Lipinski definition) is 3. The van der Waals surface area contributed by atoms with Crippen LogP contribution in [0.4, 0.5) is 0 Å². The van der Waals surface area contributed by atoms with Crippen molar-refractivity contribution in [1.29, 1.82) is 0 Å². The van der Waals surface area contributed by atoms with Gasteiger partial charge < -0.3 is 5.11 Å². The van der Waals surface area contributed by atoms with Crippen LogP contribution in [0.5, 0.6) is 0 Å². The standard InChI is InChI=1S/C14H30N2O3S/c1-11(2)7-14(5,17)10-15-20(18,19)16-8-12(3)6-13(4)9-16/h11-13,15,17H,6-10H2,1-5H3. The molecule has 1 aliphatic heterocycles. The highest BCUT2D eigenvalue weighted by Crippen LogP contribution is 2.23. The van der Waals surface area contributed by atoms with Crippen molar-refractivity contribution in [3.05, 3.63) is 0 Å². The molecule has 0 radical (unpaired) electrons. The summed E-state index contributed by atoms with van der Waals surface area (Å²) in [5, 5.41) is 10.2. The molecule has 0 aromatic carbocycles. The summed E-state index contributed by atoms with van der Waals surface area (Å²) in [6, 6.07) is 0. The summed E-state index contributed by atoms with van der Waals surface area (Å²) in [5.74, 6) is 1.09. The van der Waals surface area contributed by atoms with Crippen molar-refractivity contribution in [2.45, 2.75) is 53.1 Å². The van der Waals surface area contributed by atoms with Crippen LogP contribution in [-0.4, -0.2) is 43.1 Å². The molecule has 6 heteroatoms. The van der Waals surface area contributed by atoms with Gasteiger partial charge in [-0.2, -0.15) is 17.4 Å². The summed E-state index contributed by atoms with van der Waals surface area (Å²) in [4.78, 5) is 0. The van der Waals surface area contributed by atoms with Crippen LogP contribution in [0.15, 0.2) is 0 Å². The largest absolute Gasteiger partial charge is 0.389 e. The molecular weight excluding hydrogens is 276 g/mol. The predicted octanol–water partition coefficient (Wildman–Crippen LogP) is 1.60. The van der Waals surface area contributed by atoms with E-state index in [9.17, 15) is 13.5 Å². The summed E-state index contributed by atoms with van der Waals surface area (Å²) in [5.41, 5.74) is -1.01. The Morgan fingerprint density at radius 2 is 1.80 bits per heavy atom. The Labute approximate surface area is 123 Å². The van der Waals surface area contributed by atoms with Crippen LogP contribution in [0.3, 0.4) is 0 Å². The maximum Gasteiger partial charge on any atom is 0.279 e. The van der Waals surface area contributed by atoms with Gasteiger partial charge in [-0.25, -0.2) is 0 Å². The van der Waals surface area contributed by atoms with Crippen molar-refractivity contribution in [2.75, 3.05) is 19.6 Å². The third kappa shape index (κ3) is 5.68. The number of nitrogens with zero attached hydrogens (tertiary/aromatic N) is 1. The monoisotopic (exact) mass is 306 g/mol. The summed E-state index contributed by atoms with van der Waals surface area (Å²) in [6.45, 7) is 11.0. The quantitative estimate of drug-likeness (QED) is 0.783. The van der Waals surface area contributed by atoms with Gasteiger partial charge in [0.05, 0.1) is 5.60 Å². The summed E-state index contributed by atoms with van der Waals surface area (Å²) < 4.78 is 28.7. The summed E-state index contributed by atoms with van der Waals surface area (Å²) in [7, 11) is -3.49. The lowest BCUT2D eigenvalue weighted by molar-refractivity contribution is 0.0431. The lowest BCUT2D eigenvalue weighted by atomic mass is 9.94. The van der Waals surface area contributed by atoms with E-state index in [4.69, 9.17) is 0 Å². The maximum absolute atomic E-state index is 12.3. The smallest absolute Gasteiger partial charge is 0.279 e. The van der Waals surface area contributed by atoms with Gasteiger partial charge in [0, 0.05) is 19.6 Å². The Balaban J connectivity index is 2.61. The molecule has 1 rings (SSSR count). The Bertz CT molecular complexity index is 397. The fourth-order valence-corrected chi connectivity index (χ4v) is 4.67. The van der Waals surface area contributed by atoms with Crippen molar-refractivity contribution in [3.63, 3.8) is 0 Å². The van der Waals surface area contributed by atoms with E-state index in [0.29, 0.717) is 37.3 Å². The second-order valence-electron chi connectivity index (χ2n) is 7.18. The highest BCUT2D eigenvalue weighted by Gasteiger charge is 2.32. The van der Waals surface area contributed by atoms with Gasteiger partial charge in [0.1, 0.15) is 0 Å². The molecule has 0 aromatic rings. The molecule has 5 nitrogen and oxygen atoms in total. The van der Waals surface area contributed by atoms with E-state index in [1.807, 2.05) is 13.8 Å². The van der Waals surface area contributed by atoms with Gasteiger partial charge in [0.2, 0.25) is 0 Å². The predicted molar refractivity (Wildman–Crippen MR) is 81.5 cm³/mol. The van der Waals surface area contributed by atoms with E-state index in [0.717, 1.165) is 6.42 Å². The molecule has 1 fully saturated rings. The second-order valence-corrected chi connectivity index (χ2v) is 8.94.